The minimum absolute atomic E-state index is 0.155. The minimum Gasteiger partial charge on any atom is -0.423 e. The summed E-state index contributed by atoms with van der Waals surface area (Å²) in [5.74, 6) is 0. The van der Waals surface area contributed by atoms with Gasteiger partial charge in [-0.1, -0.05) is 29.8 Å². The highest BCUT2D eigenvalue weighted by molar-refractivity contribution is 6.32. The zero-order valence-corrected chi connectivity index (χ0v) is 17.1. The Labute approximate surface area is 171 Å². The van der Waals surface area contributed by atoms with Crippen LogP contribution in [0.5, 0.6) is 0 Å². The predicted octanol–water partition coefficient (Wildman–Crippen LogP) is 4.16. The number of nitrogens with zero attached hydrogens (tertiary/aromatic N) is 2. The van der Waals surface area contributed by atoms with Gasteiger partial charge in [0.05, 0.1) is 11.4 Å². The van der Waals surface area contributed by atoms with Crippen molar-refractivity contribution in [1.29, 1.82) is 0 Å². The molecule has 0 aliphatic carbocycles. The molecule has 29 heavy (non-hydrogen) atoms. The van der Waals surface area contributed by atoms with Crippen LogP contribution in [0, 0.1) is 13.8 Å². The Morgan fingerprint density at radius 2 is 1.79 bits per heavy atom. The van der Waals surface area contributed by atoms with Crippen LogP contribution >= 0.6 is 11.6 Å². The second kappa shape index (κ2) is 7.29. The summed E-state index contributed by atoms with van der Waals surface area (Å²) in [6.45, 7) is 4.02. The molecule has 0 saturated carbocycles. The first-order valence-electron chi connectivity index (χ1n) is 9.17. The molecule has 0 aliphatic rings. The maximum absolute atomic E-state index is 13.0. The van der Waals surface area contributed by atoms with Crippen LogP contribution in [0.1, 0.15) is 16.8 Å². The number of hydrogen-bond acceptors (Lipinski definition) is 4. The Bertz CT molecular complexity index is 1330. The molecular weight excluding hydrogens is 390 g/mol. The van der Waals surface area contributed by atoms with Crippen molar-refractivity contribution in [2.75, 3.05) is 5.32 Å². The van der Waals surface area contributed by atoms with E-state index in [1.165, 1.54) is 6.07 Å². The third-order valence-electron chi connectivity index (χ3n) is 5.12. The zero-order chi connectivity index (χ0) is 20.7. The lowest BCUT2D eigenvalue weighted by molar-refractivity contribution is 0.559. The quantitative estimate of drug-likeness (QED) is 0.514. The molecule has 0 aliphatic heterocycles. The van der Waals surface area contributed by atoms with E-state index in [1.807, 2.05) is 51.2 Å². The fraction of sp³-hybridized carbons (Fsp3) is 0.182. The number of rotatable bonds is 4. The van der Waals surface area contributed by atoms with Gasteiger partial charge in [-0.05, 0) is 49.2 Å². The number of aryl methyl sites for hydroxylation is 1. The molecule has 0 unspecified atom stereocenters. The van der Waals surface area contributed by atoms with Gasteiger partial charge in [-0.3, -0.25) is 9.48 Å². The molecule has 4 aromatic rings. The molecular formula is C22H20ClN3O3. The number of nitrogens with one attached hydrogen (secondary N) is 1. The number of anilines is 1. The molecule has 1 N–H and O–H groups in total. The van der Waals surface area contributed by atoms with Gasteiger partial charge in [0.25, 0.3) is 5.56 Å². The molecule has 0 radical (unpaired) electrons. The van der Waals surface area contributed by atoms with Crippen LogP contribution in [0.25, 0.3) is 16.7 Å². The summed E-state index contributed by atoms with van der Waals surface area (Å²) in [7, 11) is 1.84. The Morgan fingerprint density at radius 1 is 1.07 bits per heavy atom. The lowest BCUT2D eigenvalue weighted by Crippen LogP contribution is -2.21. The number of halogens is 1. The second-order valence-electron chi connectivity index (χ2n) is 6.98. The first-order chi connectivity index (χ1) is 13.9. The molecule has 2 aromatic heterocycles. The molecule has 0 saturated heterocycles. The fourth-order valence-corrected chi connectivity index (χ4v) is 3.61. The molecule has 4 rings (SSSR count). The summed E-state index contributed by atoms with van der Waals surface area (Å²) in [5.41, 5.74) is 3.48. The van der Waals surface area contributed by atoms with Gasteiger partial charge in [-0.15, -0.1) is 0 Å². The van der Waals surface area contributed by atoms with E-state index < -0.39 is 5.63 Å². The maximum Gasteiger partial charge on any atom is 0.336 e. The van der Waals surface area contributed by atoms with Crippen LogP contribution in [0.4, 0.5) is 5.69 Å². The van der Waals surface area contributed by atoms with Crippen molar-refractivity contribution in [3.63, 3.8) is 0 Å². The minimum atomic E-state index is -0.442. The van der Waals surface area contributed by atoms with E-state index in [9.17, 15) is 9.59 Å². The second-order valence-corrected chi connectivity index (χ2v) is 7.39. The molecule has 2 aromatic carbocycles. The van der Waals surface area contributed by atoms with Crippen molar-refractivity contribution < 1.29 is 4.42 Å². The van der Waals surface area contributed by atoms with Gasteiger partial charge >= 0.3 is 5.63 Å². The number of hydrogen-bond donors (Lipinski definition) is 1. The summed E-state index contributed by atoms with van der Waals surface area (Å²) < 4.78 is 8.72. The highest BCUT2D eigenvalue weighted by Crippen LogP contribution is 2.26. The van der Waals surface area contributed by atoms with Gasteiger partial charge in [0.1, 0.15) is 11.3 Å². The summed E-state index contributed by atoms with van der Waals surface area (Å²) >= 11 is 6.26. The summed E-state index contributed by atoms with van der Waals surface area (Å²) in [6.07, 6.45) is 0. The summed E-state index contributed by atoms with van der Waals surface area (Å²) in [5, 5.41) is 4.54. The predicted molar refractivity (Wildman–Crippen MR) is 115 cm³/mol. The third-order valence-corrected chi connectivity index (χ3v) is 5.53. The van der Waals surface area contributed by atoms with E-state index in [2.05, 4.69) is 5.32 Å². The van der Waals surface area contributed by atoms with E-state index in [4.69, 9.17) is 16.0 Å². The molecule has 148 valence electrons. The molecule has 0 fully saturated rings. The van der Waals surface area contributed by atoms with Gasteiger partial charge in [0.15, 0.2) is 0 Å². The average Bonchev–Trinajstić information content (AvgIpc) is 2.90. The van der Waals surface area contributed by atoms with Crippen LogP contribution in [-0.4, -0.2) is 9.36 Å². The van der Waals surface area contributed by atoms with Crippen molar-refractivity contribution in [2.24, 2.45) is 7.05 Å². The van der Waals surface area contributed by atoms with Crippen molar-refractivity contribution in [3.8, 4) is 5.69 Å². The topological polar surface area (TPSA) is 69.2 Å². The van der Waals surface area contributed by atoms with Gasteiger partial charge in [-0.25, -0.2) is 9.48 Å². The number of para-hydroxylation sites is 1. The number of benzene rings is 2. The molecule has 2 heterocycles. The molecule has 6 nitrogen and oxygen atoms in total. The van der Waals surface area contributed by atoms with Crippen LogP contribution in [0.3, 0.4) is 0 Å². The van der Waals surface area contributed by atoms with Gasteiger partial charge in [0.2, 0.25) is 0 Å². The number of aromatic nitrogens is 2. The van der Waals surface area contributed by atoms with E-state index in [0.717, 1.165) is 22.3 Å². The first-order valence-corrected chi connectivity index (χ1v) is 9.55. The van der Waals surface area contributed by atoms with E-state index in [1.54, 1.807) is 21.5 Å². The lowest BCUT2D eigenvalue weighted by Gasteiger charge is -2.09. The van der Waals surface area contributed by atoms with Gasteiger partial charge in [-0.2, -0.15) is 0 Å². The standard InChI is InChI=1S/C22H20ClN3O3/c1-13-9-19-17(11-18(13)23)15(10-20(27)29-19)12-24-21-14(2)25(3)26(22(21)28)16-7-5-4-6-8-16/h4-11,24H,12H2,1-3H3. The molecule has 0 amide bonds. The van der Waals surface area contributed by atoms with Crippen LogP contribution in [0.2, 0.25) is 5.02 Å². The summed E-state index contributed by atoms with van der Waals surface area (Å²) in [4.78, 5) is 25.0. The van der Waals surface area contributed by atoms with Gasteiger partial charge in [0, 0.05) is 30.1 Å². The van der Waals surface area contributed by atoms with E-state index in [-0.39, 0.29) is 12.1 Å². The van der Waals surface area contributed by atoms with E-state index >= 15 is 0 Å². The van der Waals surface area contributed by atoms with Crippen LogP contribution in [0.15, 0.2) is 62.5 Å². The lowest BCUT2D eigenvalue weighted by atomic mass is 10.1. The Balaban J connectivity index is 1.75. The largest absolute Gasteiger partial charge is 0.423 e. The maximum atomic E-state index is 13.0. The molecule has 0 spiro atoms. The highest BCUT2D eigenvalue weighted by Gasteiger charge is 2.16. The first kappa shape index (κ1) is 19.1. The van der Waals surface area contributed by atoms with Crippen LogP contribution in [-0.2, 0) is 13.6 Å². The Kier molecular flexibility index (Phi) is 4.80. The van der Waals surface area contributed by atoms with Crippen molar-refractivity contribution >= 4 is 28.3 Å². The van der Waals surface area contributed by atoms with Gasteiger partial charge < -0.3 is 9.73 Å². The van der Waals surface area contributed by atoms with Crippen LogP contribution < -0.4 is 16.5 Å². The molecule has 0 atom stereocenters. The van der Waals surface area contributed by atoms with E-state index in [0.29, 0.717) is 21.9 Å². The molecule has 0 bridgehead atoms. The Hall–Kier alpha value is -3.25. The van der Waals surface area contributed by atoms with Crippen molar-refractivity contribution in [3.05, 3.63) is 91.1 Å². The third kappa shape index (κ3) is 3.36. The monoisotopic (exact) mass is 409 g/mol. The fourth-order valence-electron chi connectivity index (χ4n) is 3.45. The smallest absolute Gasteiger partial charge is 0.336 e. The molecule has 7 heteroatoms. The highest BCUT2D eigenvalue weighted by atomic mass is 35.5. The normalized spacial score (nSPS) is 11.2. The number of fused-ring (bicyclic) bond motifs is 1. The SMILES string of the molecule is Cc1cc2oc(=O)cc(CNc3c(C)n(C)n(-c4ccccc4)c3=O)c2cc1Cl. The van der Waals surface area contributed by atoms with Crippen molar-refractivity contribution in [2.45, 2.75) is 20.4 Å². The zero-order valence-electron chi connectivity index (χ0n) is 16.3. The summed E-state index contributed by atoms with van der Waals surface area (Å²) in [6, 6.07) is 14.4. The average molecular weight is 410 g/mol. The Morgan fingerprint density at radius 3 is 2.52 bits per heavy atom. The van der Waals surface area contributed by atoms with Crippen molar-refractivity contribution in [1.82, 2.24) is 9.36 Å².